The number of allylic oxidation sites excluding steroid dienone is 7. The van der Waals surface area contributed by atoms with Gasteiger partial charge in [-0.25, -0.2) is 15.1 Å². The molecule has 3 aliphatic heterocycles. The van der Waals surface area contributed by atoms with Crippen molar-refractivity contribution in [2.75, 3.05) is 36.0 Å². The van der Waals surface area contributed by atoms with Crippen LogP contribution in [-0.4, -0.2) is 37.1 Å². The summed E-state index contributed by atoms with van der Waals surface area (Å²) in [5.41, 5.74) is 12.1. The van der Waals surface area contributed by atoms with Gasteiger partial charge in [0.1, 0.15) is 16.7 Å². The van der Waals surface area contributed by atoms with E-state index in [9.17, 15) is 4.79 Å². The van der Waals surface area contributed by atoms with E-state index in [1.54, 1.807) is 11.3 Å². The SMILES string of the molecule is CCN(CC)c1ccc2c(c1)OC(=O)C(c1nc3ccccc3s1)C2.[C-]#[N+]/C(C#N)=C1\C=C(C)CC(/C=C/c2cc3c4c(c2)CCCN4CCC3)=C1.c1cc2cccc3c4cccc5cccc(c(c1)c23)c54. The average Bonchev–Trinajstić information content (AvgIpc) is 3.85. The molecular weight excluding hydrogens is 903 g/mol. The highest BCUT2D eigenvalue weighted by molar-refractivity contribution is 7.18. The highest BCUT2D eigenvalue weighted by Crippen LogP contribution is 2.42. The summed E-state index contributed by atoms with van der Waals surface area (Å²) in [5, 5.41) is 20.9. The van der Waals surface area contributed by atoms with Crippen LogP contribution in [0.3, 0.4) is 0 Å². The number of para-hydroxylation sites is 1. The monoisotopic (exact) mass is 957 g/mol. The summed E-state index contributed by atoms with van der Waals surface area (Å²) in [6.45, 7) is 17.7. The molecule has 354 valence electrons. The zero-order valence-corrected chi connectivity index (χ0v) is 41.9. The molecule has 0 spiro atoms. The molecule has 8 heteroatoms. The minimum Gasteiger partial charge on any atom is -0.426 e. The molecule has 7 nitrogen and oxygen atoms in total. The van der Waals surface area contributed by atoms with Gasteiger partial charge >= 0.3 is 5.97 Å². The van der Waals surface area contributed by atoms with Crippen LogP contribution in [0.15, 0.2) is 168 Å². The lowest BCUT2D eigenvalue weighted by molar-refractivity contribution is -0.137. The number of fused-ring (bicyclic) bond motifs is 4. The van der Waals surface area contributed by atoms with E-state index < -0.39 is 0 Å². The summed E-state index contributed by atoms with van der Waals surface area (Å²) in [4.78, 5) is 25.4. The Morgan fingerprint density at radius 2 is 1.43 bits per heavy atom. The third-order valence-electron chi connectivity index (χ3n) is 14.7. The third kappa shape index (κ3) is 8.89. The van der Waals surface area contributed by atoms with Gasteiger partial charge in [-0.15, -0.1) is 11.3 Å². The largest absolute Gasteiger partial charge is 0.426 e. The number of nitriles is 1. The molecule has 8 aromatic carbocycles. The number of aromatic nitrogens is 1. The van der Waals surface area contributed by atoms with E-state index in [4.69, 9.17) is 16.6 Å². The van der Waals surface area contributed by atoms with Crippen molar-refractivity contribution in [2.45, 2.75) is 65.2 Å². The van der Waals surface area contributed by atoms with Crippen LogP contribution in [0, 0.1) is 17.9 Å². The second kappa shape index (κ2) is 20.0. The maximum atomic E-state index is 12.6. The lowest BCUT2D eigenvalue weighted by Crippen LogP contribution is -2.34. The van der Waals surface area contributed by atoms with Gasteiger partial charge in [0.25, 0.3) is 5.70 Å². The molecule has 0 bridgehead atoms. The number of esters is 1. The van der Waals surface area contributed by atoms with Crippen LogP contribution < -0.4 is 14.5 Å². The van der Waals surface area contributed by atoms with E-state index in [0.29, 0.717) is 12.2 Å². The van der Waals surface area contributed by atoms with Crippen molar-refractivity contribution in [1.82, 2.24) is 4.98 Å². The van der Waals surface area contributed by atoms with Crippen LogP contribution in [-0.2, 0) is 24.1 Å². The fraction of sp³-hybridized carbons (Fsp3) is 0.219. The highest BCUT2D eigenvalue weighted by atomic mass is 32.1. The molecule has 0 saturated carbocycles. The van der Waals surface area contributed by atoms with Gasteiger partial charge in [0.2, 0.25) is 0 Å². The molecule has 1 aromatic heterocycles. The lowest BCUT2D eigenvalue weighted by Gasteiger charge is -2.37. The standard InChI is InChI=1S/C24H23N3.C20H20N2O2S.C20H12/c1-17-11-18(15-22(12-17)23(16-25)26-2)7-8-19-13-20-5-3-9-27-10-4-6-21(14-19)24(20)27;1-3-22(4-2)14-10-9-13-11-15(20(23)24-17(13)12-14)19-21-16-7-5-6-8-18(16)25-19;1-5-13-6-2-11-17-18-12-4-8-14-7-3-10-16(20(14)18)15(9-1)19(13)17/h7-8,12-15H,3-6,9-11H2,1H3;5-10,12,15H,3-4,11H2,1-2H3;1-12H/b8-7+,23-22+;;. The van der Waals surface area contributed by atoms with E-state index in [-0.39, 0.29) is 17.6 Å². The second-order valence-corrected chi connectivity index (χ2v) is 20.3. The zero-order valence-electron chi connectivity index (χ0n) is 41.0. The number of nitrogens with zero attached hydrogens (tertiary/aromatic N) is 5. The van der Waals surface area contributed by atoms with Crippen LogP contribution >= 0.6 is 11.3 Å². The maximum Gasteiger partial charge on any atom is 0.321 e. The molecule has 0 saturated heterocycles. The Hall–Kier alpha value is -8.04. The highest BCUT2D eigenvalue weighted by Gasteiger charge is 2.33. The molecule has 0 amide bonds. The van der Waals surface area contributed by atoms with Crippen LogP contribution in [0.2, 0.25) is 0 Å². The normalized spacial score (nSPS) is 16.7. The molecule has 9 aromatic rings. The van der Waals surface area contributed by atoms with Crippen molar-refractivity contribution in [2.24, 2.45) is 0 Å². The summed E-state index contributed by atoms with van der Waals surface area (Å²) in [5.74, 6) is 0.166. The van der Waals surface area contributed by atoms with E-state index in [2.05, 4.69) is 150 Å². The van der Waals surface area contributed by atoms with Gasteiger partial charge in [-0.2, -0.15) is 0 Å². The molecule has 0 radical (unpaired) electrons. The first-order valence-electron chi connectivity index (χ1n) is 25.3. The second-order valence-electron chi connectivity index (χ2n) is 19.2. The number of carbonyl (C=O) groups is 1. The number of rotatable bonds is 6. The zero-order chi connectivity index (χ0) is 49.3. The molecule has 4 heterocycles. The Kier molecular flexibility index (Phi) is 12.9. The maximum absolute atomic E-state index is 12.6. The Labute approximate surface area is 425 Å². The minimum atomic E-state index is -0.316. The van der Waals surface area contributed by atoms with E-state index in [1.807, 2.05) is 48.6 Å². The number of anilines is 2. The molecule has 1 unspecified atom stereocenters. The van der Waals surface area contributed by atoms with Crippen molar-refractivity contribution >= 4 is 88.1 Å². The first-order chi connectivity index (χ1) is 35.3. The summed E-state index contributed by atoms with van der Waals surface area (Å²) >= 11 is 1.58. The van der Waals surface area contributed by atoms with Crippen LogP contribution in [0.4, 0.5) is 11.4 Å². The Morgan fingerprint density at radius 3 is 2.01 bits per heavy atom. The average molecular weight is 958 g/mol. The summed E-state index contributed by atoms with van der Waals surface area (Å²) < 4.78 is 6.78. The molecule has 1 aliphatic carbocycles. The quantitative estimate of drug-likeness (QED) is 0.0413. The number of ether oxygens (including phenoxy) is 1. The number of benzene rings is 8. The van der Waals surface area contributed by atoms with Crippen LogP contribution in [0.1, 0.15) is 73.2 Å². The van der Waals surface area contributed by atoms with Gasteiger partial charge in [0.15, 0.2) is 0 Å². The number of hydrogen-bond acceptors (Lipinski definition) is 7. The van der Waals surface area contributed by atoms with Crippen molar-refractivity contribution in [1.29, 1.82) is 5.26 Å². The van der Waals surface area contributed by atoms with Gasteiger partial charge in [0.05, 0.1) is 22.9 Å². The summed E-state index contributed by atoms with van der Waals surface area (Å²) in [7, 11) is 0. The van der Waals surface area contributed by atoms with Crippen LogP contribution in [0.5, 0.6) is 5.75 Å². The van der Waals surface area contributed by atoms with Crippen molar-refractivity contribution in [3.8, 4) is 11.8 Å². The Balaban J connectivity index is 0.000000118. The van der Waals surface area contributed by atoms with E-state index in [0.717, 1.165) is 57.1 Å². The summed E-state index contributed by atoms with van der Waals surface area (Å²) in [6, 6.07) is 47.3. The fourth-order valence-corrected chi connectivity index (χ4v) is 12.4. The number of hydrogen-bond donors (Lipinski definition) is 0. The molecular formula is C64H55N5O2S. The Bertz CT molecular complexity index is 3550. The molecule has 72 heavy (non-hydrogen) atoms. The first-order valence-corrected chi connectivity index (χ1v) is 26.1. The van der Waals surface area contributed by atoms with Gasteiger partial charge < -0.3 is 14.5 Å². The van der Waals surface area contributed by atoms with Gasteiger partial charge in [-0.3, -0.25) is 4.79 Å². The van der Waals surface area contributed by atoms with E-state index >= 15 is 0 Å². The van der Waals surface area contributed by atoms with Gasteiger partial charge in [0, 0.05) is 43.6 Å². The predicted octanol–water partition coefficient (Wildman–Crippen LogP) is 15.5. The number of thiazole rings is 1. The van der Waals surface area contributed by atoms with Crippen LogP contribution in [0.25, 0.3) is 64.2 Å². The van der Waals surface area contributed by atoms with Crippen molar-refractivity contribution in [3.63, 3.8) is 0 Å². The predicted molar refractivity (Wildman–Crippen MR) is 299 cm³/mol. The first kappa shape index (κ1) is 46.3. The minimum absolute atomic E-state index is 0.165. The van der Waals surface area contributed by atoms with Crippen molar-refractivity contribution in [3.05, 3.63) is 207 Å². The van der Waals surface area contributed by atoms with Gasteiger partial charge in [-0.05, 0) is 166 Å². The molecule has 1 atom stereocenters. The smallest absolute Gasteiger partial charge is 0.321 e. The van der Waals surface area contributed by atoms with Gasteiger partial charge in [-0.1, -0.05) is 121 Å². The number of aryl methyl sites for hydroxylation is 2. The van der Waals surface area contributed by atoms with E-state index in [1.165, 1.54) is 110 Å². The Morgan fingerprint density at radius 1 is 0.806 bits per heavy atom. The van der Waals surface area contributed by atoms with Crippen molar-refractivity contribution < 1.29 is 9.53 Å². The molecule has 4 aliphatic rings. The summed E-state index contributed by atoms with van der Waals surface area (Å²) in [6.07, 6.45) is 14.6. The molecule has 0 N–H and O–H groups in total. The molecule has 0 fully saturated rings. The fourth-order valence-electron chi connectivity index (χ4n) is 11.3. The third-order valence-corrected chi connectivity index (χ3v) is 15.8. The lowest BCUT2D eigenvalue weighted by atomic mass is 9.89. The topological polar surface area (TPSA) is 73.8 Å². The molecule has 13 rings (SSSR count). The number of carbonyl (C=O) groups excluding carboxylic acids is 1.